The van der Waals surface area contributed by atoms with Gasteiger partial charge in [0.15, 0.2) is 0 Å². The molecule has 1 aromatic rings. The number of ether oxygens (including phenoxy) is 1. The van der Waals surface area contributed by atoms with Gasteiger partial charge in [-0.15, -0.1) is 12.4 Å². The van der Waals surface area contributed by atoms with Crippen molar-refractivity contribution in [1.29, 1.82) is 0 Å². The molecular weight excluding hydrogens is 300 g/mol. The van der Waals surface area contributed by atoms with E-state index >= 15 is 0 Å². The van der Waals surface area contributed by atoms with Crippen LogP contribution in [0.5, 0.6) is 5.75 Å². The smallest absolute Gasteiger partial charge is 0.225 e. The van der Waals surface area contributed by atoms with E-state index in [1.54, 1.807) is 7.11 Å². The van der Waals surface area contributed by atoms with Crippen LogP contribution >= 0.6 is 12.4 Å². The number of amides is 1. The van der Waals surface area contributed by atoms with Crippen molar-refractivity contribution in [3.05, 3.63) is 29.8 Å². The Morgan fingerprint density at radius 2 is 2.00 bits per heavy atom. The SMILES string of the molecule is COc1ccccc1CC(C)N(C)C(=O)C(C)C1CNC1.Cl. The zero-order chi connectivity index (χ0) is 15.4. The van der Waals surface area contributed by atoms with E-state index in [0.717, 1.165) is 30.8 Å². The molecule has 1 saturated heterocycles. The molecule has 1 amide bonds. The van der Waals surface area contributed by atoms with Gasteiger partial charge in [-0.3, -0.25) is 4.79 Å². The summed E-state index contributed by atoms with van der Waals surface area (Å²) in [6.07, 6.45) is 0.807. The third-order valence-corrected chi connectivity index (χ3v) is 4.63. The second kappa shape index (κ2) is 8.39. The number of likely N-dealkylation sites (N-methyl/N-ethyl adjacent to an activating group) is 1. The number of benzene rings is 1. The summed E-state index contributed by atoms with van der Waals surface area (Å²) in [7, 11) is 3.59. The zero-order valence-corrected chi connectivity index (χ0v) is 14.7. The molecule has 124 valence electrons. The molecule has 0 radical (unpaired) electrons. The number of nitrogens with zero attached hydrogens (tertiary/aromatic N) is 1. The van der Waals surface area contributed by atoms with Crippen molar-refractivity contribution in [2.24, 2.45) is 11.8 Å². The molecule has 2 unspecified atom stereocenters. The standard InChI is InChI=1S/C17H26N2O2.ClH/c1-12(9-14-7-5-6-8-16(14)21-4)19(3)17(20)13(2)15-10-18-11-15;/h5-8,12-13,15,18H,9-11H2,1-4H3;1H. The number of carbonyl (C=O) groups is 1. The van der Waals surface area contributed by atoms with Crippen LogP contribution < -0.4 is 10.1 Å². The molecule has 2 rings (SSSR count). The van der Waals surface area contributed by atoms with Crippen molar-refractivity contribution in [1.82, 2.24) is 10.2 Å². The quantitative estimate of drug-likeness (QED) is 0.872. The van der Waals surface area contributed by atoms with Crippen molar-refractivity contribution in [2.45, 2.75) is 26.3 Å². The average Bonchev–Trinajstić information content (AvgIpc) is 2.44. The first kappa shape index (κ1) is 18.8. The maximum absolute atomic E-state index is 12.5. The molecule has 0 aromatic heterocycles. The minimum Gasteiger partial charge on any atom is -0.496 e. The Labute approximate surface area is 139 Å². The highest BCUT2D eigenvalue weighted by molar-refractivity contribution is 5.85. The van der Waals surface area contributed by atoms with E-state index in [9.17, 15) is 4.79 Å². The second-order valence-corrected chi connectivity index (χ2v) is 6.02. The highest BCUT2D eigenvalue weighted by Gasteiger charge is 2.31. The number of nitrogens with one attached hydrogen (secondary N) is 1. The predicted octanol–water partition coefficient (Wildman–Crippen LogP) is 2.36. The van der Waals surface area contributed by atoms with Crippen LogP contribution in [0.2, 0.25) is 0 Å². The minimum atomic E-state index is 0. The molecular formula is C17H27ClN2O2. The molecule has 0 aliphatic carbocycles. The highest BCUT2D eigenvalue weighted by Crippen LogP contribution is 2.23. The zero-order valence-electron chi connectivity index (χ0n) is 13.8. The van der Waals surface area contributed by atoms with Crippen LogP contribution in [0.3, 0.4) is 0 Å². The van der Waals surface area contributed by atoms with Crippen LogP contribution in [-0.4, -0.2) is 44.1 Å². The Kier molecular flexibility index (Phi) is 7.17. The van der Waals surface area contributed by atoms with Gasteiger partial charge in [0.1, 0.15) is 5.75 Å². The van der Waals surface area contributed by atoms with Crippen molar-refractivity contribution in [3.8, 4) is 5.75 Å². The third kappa shape index (κ3) is 4.14. The summed E-state index contributed by atoms with van der Waals surface area (Å²) in [4.78, 5) is 14.4. The Balaban J connectivity index is 0.00000242. The van der Waals surface area contributed by atoms with Crippen molar-refractivity contribution in [3.63, 3.8) is 0 Å². The molecule has 1 heterocycles. The van der Waals surface area contributed by atoms with Gasteiger partial charge in [-0.25, -0.2) is 0 Å². The second-order valence-electron chi connectivity index (χ2n) is 6.02. The van der Waals surface area contributed by atoms with Crippen LogP contribution in [0.4, 0.5) is 0 Å². The van der Waals surface area contributed by atoms with E-state index < -0.39 is 0 Å². The van der Waals surface area contributed by atoms with E-state index in [-0.39, 0.29) is 30.3 Å². The van der Waals surface area contributed by atoms with Crippen molar-refractivity contribution < 1.29 is 9.53 Å². The third-order valence-electron chi connectivity index (χ3n) is 4.63. The number of carbonyl (C=O) groups excluding carboxylic acids is 1. The van der Waals surface area contributed by atoms with Crippen molar-refractivity contribution >= 4 is 18.3 Å². The van der Waals surface area contributed by atoms with Gasteiger partial charge < -0.3 is 15.0 Å². The van der Waals surface area contributed by atoms with Crippen LogP contribution in [0, 0.1) is 11.8 Å². The molecule has 0 spiro atoms. The molecule has 22 heavy (non-hydrogen) atoms. The maximum Gasteiger partial charge on any atom is 0.225 e. The number of hydrogen-bond acceptors (Lipinski definition) is 3. The fourth-order valence-electron chi connectivity index (χ4n) is 2.73. The summed E-state index contributed by atoms with van der Waals surface area (Å²) < 4.78 is 5.39. The summed E-state index contributed by atoms with van der Waals surface area (Å²) >= 11 is 0. The Morgan fingerprint density at radius 3 is 2.55 bits per heavy atom. The molecule has 2 atom stereocenters. The molecule has 0 saturated carbocycles. The van der Waals surface area contributed by atoms with Gasteiger partial charge in [0.05, 0.1) is 7.11 Å². The molecule has 1 aliphatic heterocycles. The predicted molar refractivity (Wildman–Crippen MR) is 91.7 cm³/mol. The van der Waals surface area contributed by atoms with Gasteiger partial charge in [-0.2, -0.15) is 0 Å². The fraction of sp³-hybridized carbons (Fsp3) is 0.588. The van der Waals surface area contributed by atoms with E-state index in [1.807, 2.05) is 37.1 Å². The Morgan fingerprint density at radius 1 is 1.36 bits per heavy atom. The maximum atomic E-state index is 12.5. The van der Waals surface area contributed by atoms with Gasteiger partial charge in [-0.1, -0.05) is 25.1 Å². The lowest BCUT2D eigenvalue weighted by atomic mass is 9.87. The minimum absolute atomic E-state index is 0. The summed E-state index contributed by atoms with van der Waals surface area (Å²) in [5, 5.41) is 3.23. The van der Waals surface area contributed by atoms with Crippen LogP contribution in [0.15, 0.2) is 24.3 Å². The molecule has 5 heteroatoms. The van der Waals surface area contributed by atoms with E-state index in [0.29, 0.717) is 5.92 Å². The van der Waals surface area contributed by atoms with Gasteiger partial charge in [0, 0.05) is 19.0 Å². The normalized spacial score (nSPS) is 16.9. The first-order valence-electron chi connectivity index (χ1n) is 7.63. The summed E-state index contributed by atoms with van der Waals surface area (Å²) in [5.74, 6) is 1.71. The number of para-hydroxylation sites is 1. The summed E-state index contributed by atoms with van der Waals surface area (Å²) in [6.45, 7) is 6.06. The number of hydrogen-bond donors (Lipinski definition) is 1. The fourth-order valence-corrected chi connectivity index (χ4v) is 2.73. The Hall–Kier alpha value is -1.26. The van der Waals surface area contributed by atoms with Gasteiger partial charge in [-0.05, 0) is 44.0 Å². The van der Waals surface area contributed by atoms with Crippen molar-refractivity contribution in [2.75, 3.05) is 27.2 Å². The molecule has 4 nitrogen and oxygen atoms in total. The van der Waals surface area contributed by atoms with Gasteiger partial charge in [0.2, 0.25) is 5.91 Å². The summed E-state index contributed by atoms with van der Waals surface area (Å²) in [6, 6.07) is 8.16. The largest absolute Gasteiger partial charge is 0.496 e. The molecule has 1 N–H and O–H groups in total. The first-order chi connectivity index (χ1) is 10.0. The van der Waals surface area contributed by atoms with Gasteiger partial charge in [0.25, 0.3) is 0 Å². The number of rotatable bonds is 6. The number of methoxy groups -OCH3 is 1. The van der Waals surface area contributed by atoms with Gasteiger partial charge >= 0.3 is 0 Å². The van der Waals surface area contributed by atoms with Crippen LogP contribution in [0.25, 0.3) is 0 Å². The monoisotopic (exact) mass is 326 g/mol. The average molecular weight is 327 g/mol. The van der Waals surface area contributed by atoms with Crippen LogP contribution in [0.1, 0.15) is 19.4 Å². The summed E-state index contributed by atoms with van der Waals surface area (Å²) in [5.41, 5.74) is 1.14. The molecule has 1 aromatic carbocycles. The van der Waals surface area contributed by atoms with E-state index in [1.165, 1.54) is 0 Å². The lowest BCUT2D eigenvalue weighted by molar-refractivity contribution is -0.137. The molecule has 0 bridgehead atoms. The highest BCUT2D eigenvalue weighted by atomic mass is 35.5. The molecule has 1 aliphatic rings. The number of halogens is 1. The topological polar surface area (TPSA) is 41.6 Å². The Bertz CT molecular complexity index is 491. The van der Waals surface area contributed by atoms with E-state index in [4.69, 9.17) is 4.74 Å². The first-order valence-corrected chi connectivity index (χ1v) is 7.63. The van der Waals surface area contributed by atoms with Crippen LogP contribution in [-0.2, 0) is 11.2 Å². The lowest BCUT2D eigenvalue weighted by Crippen LogP contribution is -2.51. The lowest BCUT2D eigenvalue weighted by Gasteiger charge is -2.35. The molecule has 1 fully saturated rings. The van der Waals surface area contributed by atoms with E-state index in [2.05, 4.69) is 18.3 Å².